The molecule has 0 amide bonds. The molecule has 0 aromatic carbocycles. The Balaban J connectivity index is 2.92. The average Bonchev–Trinajstić information content (AvgIpc) is 2.59. The predicted molar refractivity (Wildman–Crippen MR) is 61.1 cm³/mol. The Morgan fingerprint density at radius 1 is 1.53 bits per heavy atom. The summed E-state index contributed by atoms with van der Waals surface area (Å²) in [5.41, 5.74) is 1.14. The summed E-state index contributed by atoms with van der Waals surface area (Å²) in [6.45, 7) is 5.26. The quantitative estimate of drug-likeness (QED) is 0.781. The van der Waals surface area contributed by atoms with E-state index >= 15 is 0 Å². The fraction of sp³-hybridized carbons (Fsp3) is 0.727. The zero-order valence-electron chi connectivity index (χ0n) is 10.1. The molecule has 0 aliphatic rings. The van der Waals surface area contributed by atoms with Crippen LogP contribution in [0.4, 0.5) is 0 Å². The molecule has 15 heavy (non-hydrogen) atoms. The number of aryl methyl sites for hydroxylation is 1. The maximum atomic E-state index is 5.32. The van der Waals surface area contributed by atoms with Crippen molar-refractivity contribution in [3.8, 4) is 5.75 Å². The van der Waals surface area contributed by atoms with Crippen molar-refractivity contribution in [2.45, 2.75) is 32.7 Å². The summed E-state index contributed by atoms with van der Waals surface area (Å²) < 4.78 is 7.21. The topological polar surface area (TPSA) is 39.1 Å². The maximum absolute atomic E-state index is 5.32. The van der Waals surface area contributed by atoms with Crippen molar-refractivity contribution < 1.29 is 4.74 Å². The van der Waals surface area contributed by atoms with E-state index in [2.05, 4.69) is 24.3 Å². The van der Waals surface area contributed by atoms with Crippen LogP contribution in [-0.4, -0.2) is 23.4 Å². The number of nitrogens with zero attached hydrogens (tertiary/aromatic N) is 2. The fourth-order valence-electron chi connectivity index (χ4n) is 1.85. The molecule has 0 radical (unpaired) electrons. The minimum atomic E-state index is 0.336. The summed E-state index contributed by atoms with van der Waals surface area (Å²) in [7, 11) is 3.65. The molecule has 86 valence electrons. The zero-order chi connectivity index (χ0) is 11.3. The standard InChI is InChI=1S/C11H21N3O/c1-5-7-9(12-6-2)11-10(15-4)8-13-14(11)3/h8-9,12H,5-7H2,1-4H3. The largest absolute Gasteiger partial charge is 0.493 e. The highest BCUT2D eigenvalue weighted by Crippen LogP contribution is 2.27. The van der Waals surface area contributed by atoms with E-state index in [0.29, 0.717) is 6.04 Å². The molecule has 1 heterocycles. The van der Waals surface area contributed by atoms with Crippen LogP contribution in [0.25, 0.3) is 0 Å². The first-order chi connectivity index (χ1) is 7.24. The van der Waals surface area contributed by atoms with Gasteiger partial charge in [0.05, 0.1) is 25.0 Å². The van der Waals surface area contributed by atoms with Crippen LogP contribution in [0.5, 0.6) is 5.75 Å². The SMILES string of the molecule is CCCC(NCC)c1c(OC)cnn1C. The van der Waals surface area contributed by atoms with Gasteiger partial charge in [-0.05, 0) is 13.0 Å². The molecule has 1 aromatic rings. The van der Waals surface area contributed by atoms with Crippen LogP contribution in [0.2, 0.25) is 0 Å². The molecule has 4 nitrogen and oxygen atoms in total. The van der Waals surface area contributed by atoms with Gasteiger partial charge in [0.25, 0.3) is 0 Å². The zero-order valence-corrected chi connectivity index (χ0v) is 10.1. The Kier molecular flexibility index (Phi) is 4.62. The van der Waals surface area contributed by atoms with Gasteiger partial charge < -0.3 is 10.1 Å². The van der Waals surface area contributed by atoms with Crippen LogP contribution in [0.1, 0.15) is 38.4 Å². The number of nitrogens with one attached hydrogen (secondary N) is 1. The molecule has 0 spiro atoms. The second-order valence-electron chi connectivity index (χ2n) is 3.62. The first-order valence-corrected chi connectivity index (χ1v) is 5.53. The van der Waals surface area contributed by atoms with Crippen LogP contribution < -0.4 is 10.1 Å². The van der Waals surface area contributed by atoms with Crippen LogP contribution >= 0.6 is 0 Å². The van der Waals surface area contributed by atoms with E-state index in [9.17, 15) is 0 Å². The van der Waals surface area contributed by atoms with Crippen molar-refractivity contribution in [1.82, 2.24) is 15.1 Å². The van der Waals surface area contributed by atoms with Crippen LogP contribution in [0.15, 0.2) is 6.20 Å². The van der Waals surface area contributed by atoms with Crippen molar-refractivity contribution in [3.63, 3.8) is 0 Å². The third-order valence-electron chi connectivity index (χ3n) is 2.53. The van der Waals surface area contributed by atoms with E-state index < -0.39 is 0 Å². The summed E-state index contributed by atoms with van der Waals surface area (Å²) >= 11 is 0. The minimum Gasteiger partial charge on any atom is -0.493 e. The molecular weight excluding hydrogens is 190 g/mol. The van der Waals surface area contributed by atoms with Crippen molar-refractivity contribution in [2.75, 3.05) is 13.7 Å². The van der Waals surface area contributed by atoms with Crippen LogP contribution in [0, 0.1) is 0 Å². The van der Waals surface area contributed by atoms with E-state index in [1.54, 1.807) is 13.3 Å². The molecule has 1 aromatic heterocycles. The molecule has 0 bridgehead atoms. The Morgan fingerprint density at radius 2 is 2.27 bits per heavy atom. The molecule has 1 rings (SSSR count). The Bertz CT molecular complexity index is 290. The Hall–Kier alpha value is -1.03. The average molecular weight is 211 g/mol. The van der Waals surface area contributed by atoms with E-state index in [1.807, 2.05) is 11.7 Å². The van der Waals surface area contributed by atoms with Crippen molar-refractivity contribution in [1.29, 1.82) is 0 Å². The van der Waals surface area contributed by atoms with Crippen molar-refractivity contribution in [3.05, 3.63) is 11.9 Å². The number of rotatable bonds is 6. The maximum Gasteiger partial charge on any atom is 0.161 e. The lowest BCUT2D eigenvalue weighted by atomic mass is 10.1. The third-order valence-corrected chi connectivity index (χ3v) is 2.53. The Labute approximate surface area is 91.6 Å². The fourth-order valence-corrected chi connectivity index (χ4v) is 1.85. The van der Waals surface area contributed by atoms with Gasteiger partial charge in [0, 0.05) is 7.05 Å². The molecular formula is C11H21N3O. The van der Waals surface area contributed by atoms with Gasteiger partial charge in [-0.15, -0.1) is 0 Å². The smallest absolute Gasteiger partial charge is 0.161 e. The van der Waals surface area contributed by atoms with Gasteiger partial charge in [-0.2, -0.15) is 5.10 Å². The molecule has 4 heteroatoms. The lowest BCUT2D eigenvalue weighted by Gasteiger charge is -2.18. The number of aromatic nitrogens is 2. The summed E-state index contributed by atoms with van der Waals surface area (Å²) in [6, 6.07) is 0.336. The molecule has 0 saturated carbocycles. The lowest BCUT2D eigenvalue weighted by Crippen LogP contribution is -2.23. The second kappa shape index (κ2) is 5.75. The van der Waals surface area contributed by atoms with Crippen molar-refractivity contribution >= 4 is 0 Å². The summed E-state index contributed by atoms with van der Waals surface area (Å²) in [6.07, 6.45) is 4.02. The van der Waals surface area contributed by atoms with E-state index in [1.165, 1.54) is 0 Å². The normalized spacial score (nSPS) is 12.8. The molecule has 1 unspecified atom stereocenters. The molecule has 1 N–H and O–H groups in total. The molecule has 0 saturated heterocycles. The van der Waals surface area contributed by atoms with Gasteiger partial charge in [0.15, 0.2) is 5.75 Å². The highest BCUT2D eigenvalue weighted by Gasteiger charge is 2.18. The van der Waals surface area contributed by atoms with E-state index in [0.717, 1.165) is 30.8 Å². The summed E-state index contributed by atoms with van der Waals surface area (Å²) in [5.74, 6) is 0.872. The molecule has 0 fully saturated rings. The molecule has 0 aliphatic carbocycles. The molecule has 0 aliphatic heterocycles. The van der Waals surface area contributed by atoms with Gasteiger partial charge in [-0.25, -0.2) is 0 Å². The number of ether oxygens (including phenoxy) is 1. The van der Waals surface area contributed by atoms with Gasteiger partial charge in [-0.1, -0.05) is 20.3 Å². The van der Waals surface area contributed by atoms with Crippen LogP contribution in [-0.2, 0) is 7.05 Å². The van der Waals surface area contributed by atoms with Gasteiger partial charge in [0.1, 0.15) is 0 Å². The number of hydrogen-bond donors (Lipinski definition) is 1. The number of methoxy groups -OCH3 is 1. The minimum absolute atomic E-state index is 0.336. The molecule has 1 atom stereocenters. The van der Waals surface area contributed by atoms with Crippen molar-refractivity contribution in [2.24, 2.45) is 7.05 Å². The van der Waals surface area contributed by atoms with E-state index in [-0.39, 0.29) is 0 Å². The highest BCUT2D eigenvalue weighted by atomic mass is 16.5. The number of hydrogen-bond acceptors (Lipinski definition) is 3. The van der Waals surface area contributed by atoms with Crippen LogP contribution in [0.3, 0.4) is 0 Å². The summed E-state index contributed by atoms with van der Waals surface area (Å²) in [5, 5.41) is 7.69. The lowest BCUT2D eigenvalue weighted by molar-refractivity contribution is 0.389. The van der Waals surface area contributed by atoms with Gasteiger partial charge >= 0.3 is 0 Å². The highest BCUT2D eigenvalue weighted by molar-refractivity contribution is 5.28. The van der Waals surface area contributed by atoms with Gasteiger partial charge in [-0.3, -0.25) is 4.68 Å². The first-order valence-electron chi connectivity index (χ1n) is 5.53. The summed E-state index contributed by atoms with van der Waals surface area (Å²) in [4.78, 5) is 0. The third kappa shape index (κ3) is 2.72. The predicted octanol–water partition coefficient (Wildman–Crippen LogP) is 1.88. The second-order valence-corrected chi connectivity index (χ2v) is 3.62. The van der Waals surface area contributed by atoms with E-state index in [4.69, 9.17) is 4.74 Å². The monoisotopic (exact) mass is 211 g/mol. The first kappa shape index (κ1) is 12.0. The van der Waals surface area contributed by atoms with Gasteiger partial charge in [0.2, 0.25) is 0 Å². The Morgan fingerprint density at radius 3 is 2.80 bits per heavy atom.